The van der Waals surface area contributed by atoms with E-state index in [9.17, 15) is 14.4 Å². The van der Waals surface area contributed by atoms with Crippen molar-refractivity contribution in [2.75, 3.05) is 107 Å². The number of esters is 3. The highest BCUT2D eigenvalue weighted by atomic mass is 33.1. The van der Waals surface area contributed by atoms with Crippen molar-refractivity contribution < 1.29 is 28.6 Å². The van der Waals surface area contributed by atoms with Crippen molar-refractivity contribution in [1.82, 2.24) is 15.1 Å². The van der Waals surface area contributed by atoms with Crippen LogP contribution in [0, 0.1) is 17.8 Å². The van der Waals surface area contributed by atoms with Crippen LogP contribution in [-0.2, 0) is 28.6 Å². The molecule has 0 aromatic heterocycles. The second-order valence-corrected chi connectivity index (χ2v) is 25.3. The molecule has 0 fully saturated rings. The van der Waals surface area contributed by atoms with Gasteiger partial charge in [-0.2, -0.15) is 0 Å². The summed E-state index contributed by atoms with van der Waals surface area (Å²) in [5.41, 5.74) is 0. The van der Waals surface area contributed by atoms with Crippen LogP contribution in [0.4, 0.5) is 0 Å². The van der Waals surface area contributed by atoms with E-state index in [1.54, 1.807) is 32.4 Å². The zero-order valence-electron chi connectivity index (χ0n) is 39.9. The highest BCUT2D eigenvalue weighted by Crippen LogP contribution is 2.25. The zero-order chi connectivity index (χ0) is 45.0. The largest absolute Gasteiger partial charge is 0.466 e. The summed E-state index contributed by atoms with van der Waals surface area (Å²) in [5.74, 6) is 7.49. The summed E-state index contributed by atoms with van der Waals surface area (Å²) in [5, 5.41) is 3.57. The molecule has 9 nitrogen and oxygen atoms in total. The summed E-state index contributed by atoms with van der Waals surface area (Å²) in [6.45, 7) is 22.4. The molecule has 0 aliphatic carbocycles. The van der Waals surface area contributed by atoms with Crippen LogP contribution in [-0.4, -0.2) is 135 Å². The summed E-state index contributed by atoms with van der Waals surface area (Å²) in [7, 11) is 13.1. The SMILES string of the molecule is CC(C)CCCCCOC(=O)CCSSCCNCCCN(C)CCCN(CCSSCCC(=O)OCCCCCC(C)C)CCSSCCC(=O)OCCCCCC(C)C. The summed E-state index contributed by atoms with van der Waals surface area (Å²) < 4.78 is 16.3. The van der Waals surface area contributed by atoms with Crippen LogP contribution < -0.4 is 5.32 Å². The Kier molecular flexibility index (Phi) is 47.2. The minimum atomic E-state index is -0.0722. The van der Waals surface area contributed by atoms with E-state index >= 15 is 0 Å². The van der Waals surface area contributed by atoms with E-state index < -0.39 is 0 Å². The number of ether oxygens (including phenoxy) is 3. The lowest BCUT2D eigenvalue weighted by molar-refractivity contribution is -0.144. The molecule has 0 aliphatic rings. The lowest BCUT2D eigenvalue weighted by atomic mass is 10.1. The molecule has 0 bridgehead atoms. The molecule has 0 aromatic carbocycles. The Morgan fingerprint density at radius 1 is 0.426 bits per heavy atom. The highest BCUT2D eigenvalue weighted by molar-refractivity contribution is 8.77. The molecule has 0 aliphatic heterocycles. The fourth-order valence-electron chi connectivity index (χ4n) is 6.05. The van der Waals surface area contributed by atoms with Crippen LogP contribution in [0.1, 0.15) is 151 Å². The lowest BCUT2D eigenvalue weighted by Crippen LogP contribution is -2.32. The second kappa shape index (κ2) is 46.9. The van der Waals surface area contributed by atoms with Gasteiger partial charge in [0, 0.05) is 54.2 Å². The molecule has 0 radical (unpaired) electrons. The van der Waals surface area contributed by atoms with Crippen molar-refractivity contribution in [1.29, 1.82) is 0 Å². The van der Waals surface area contributed by atoms with Gasteiger partial charge in [-0.05, 0) is 83.1 Å². The third-order valence-corrected chi connectivity index (χ3v) is 16.9. The standard InChI is InChI=1S/C46H91N3O6S6/c1-41(2)19-11-8-14-32-53-44(50)22-35-56-59-38-26-47-25-17-27-48(7)28-18-29-49(30-39-60-57-36-23-45(51)54-33-15-9-12-20-42(3)4)31-40-61-58-37-24-46(52)55-34-16-10-13-21-43(5)6/h41-43,47H,8-40H2,1-7H3. The van der Waals surface area contributed by atoms with E-state index in [0.717, 1.165) is 149 Å². The molecule has 15 heteroatoms. The van der Waals surface area contributed by atoms with E-state index in [-0.39, 0.29) is 17.9 Å². The molecular weight excluding hydrogens is 883 g/mol. The van der Waals surface area contributed by atoms with Gasteiger partial charge in [-0.3, -0.25) is 14.4 Å². The van der Waals surface area contributed by atoms with Crippen LogP contribution in [0.5, 0.6) is 0 Å². The quantitative estimate of drug-likeness (QED) is 0.0271. The normalized spacial score (nSPS) is 11.8. The maximum absolute atomic E-state index is 12.1. The van der Waals surface area contributed by atoms with Gasteiger partial charge in [0.15, 0.2) is 0 Å². The summed E-state index contributed by atoms with van der Waals surface area (Å²) >= 11 is 0. The topological polar surface area (TPSA) is 97.4 Å². The van der Waals surface area contributed by atoms with Crippen molar-refractivity contribution in [3.05, 3.63) is 0 Å². The van der Waals surface area contributed by atoms with Gasteiger partial charge in [-0.25, -0.2) is 0 Å². The lowest BCUT2D eigenvalue weighted by Gasteiger charge is -2.23. The number of hydrogen-bond acceptors (Lipinski definition) is 15. The number of hydrogen-bond donors (Lipinski definition) is 1. The van der Waals surface area contributed by atoms with Crippen molar-refractivity contribution in [3.8, 4) is 0 Å². The molecule has 0 amide bonds. The van der Waals surface area contributed by atoms with E-state index in [4.69, 9.17) is 14.2 Å². The number of nitrogens with one attached hydrogen (secondary N) is 1. The molecule has 0 saturated carbocycles. The molecule has 0 unspecified atom stereocenters. The third kappa shape index (κ3) is 49.7. The zero-order valence-corrected chi connectivity index (χ0v) is 44.8. The first-order chi connectivity index (χ1) is 29.5. The number of carbonyl (C=O) groups excluding carboxylic acids is 3. The molecule has 0 saturated heterocycles. The third-order valence-electron chi connectivity index (χ3n) is 9.74. The van der Waals surface area contributed by atoms with Gasteiger partial charge in [0.05, 0.1) is 39.1 Å². The number of carbonyl (C=O) groups is 3. The first-order valence-electron chi connectivity index (χ1n) is 23.8. The molecule has 0 spiro atoms. The van der Waals surface area contributed by atoms with Gasteiger partial charge in [-0.15, -0.1) is 0 Å². The van der Waals surface area contributed by atoms with E-state index in [0.29, 0.717) is 39.1 Å². The Bertz CT molecular complexity index is 960. The predicted octanol–water partition coefficient (Wildman–Crippen LogP) is 12.2. The summed E-state index contributed by atoms with van der Waals surface area (Å²) in [6.07, 6.45) is 17.4. The predicted molar refractivity (Wildman–Crippen MR) is 277 cm³/mol. The Labute approximate surface area is 399 Å². The average Bonchev–Trinajstić information content (AvgIpc) is 3.21. The second-order valence-electron chi connectivity index (χ2n) is 17.2. The number of rotatable bonds is 47. The van der Waals surface area contributed by atoms with Gasteiger partial charge >= 0.3 is 17.9 Å². The smallest absolute Gasteiger partial charge is 0.306 e. The molecule has 61 heavy (non-hydrogen) atoms. The van der Waals surface area contributed by atoms with Crippen molar-refractivity contribution in [2.24, 2.45) is 17.8 Å². The van der Waals surface area contributed by atoms with Crippen LogP contribution in [0.2, 0.25) is 0 Å². The average molecular weight is 975 g/mol. The molecule has 0 rings (SSSR count). The van der Waals surface area contributed by atoms with Crippen molar-refractivity contribution in [3.63, 3.8) is 0 Å². The van der Waals surface area contributed by atoms with Gasteiger partial charge in [-0.1, -0.05) is 164 Å². The van der Waals surface area contributed by atoms with Crippen molar-refractivity contribution >= 4 is 82.7 Å². The van der Waals surface area contributed by atoms with E-state index in [2.05, 4.69) is 63.7 Å². The summed E-state index contributed by atoms with van der Waals surface area (Å²) in [4.78, 5) is 41.3. The first-order valence-corrected chi connectivity index (χ1v) is 31.3. The number of nitrogens with zero attached hydrogens (tertiary/aromatic N) is 2. The van der Waals surface area contributed by atoms with E-state index in [1.807, 2.05) is 32.4 Å². The Morgan fingerprint density at radius 2 is 0.803 bits per heavy atom. The monoisotopic (exact) mass is 974 g/mol. The fraction of sp³-hybridized carbons (Fsp3) is 0.935. The summed E-state index contributed by atoms with van der Waals surface area (Å²) in [6, 6.07) is 0. The number of unbranched alkanes of at least 4 members (excludes halogenated alkanes) is 6. The first kappa shape index (κ1) is 61.4. The van der Waals surface area contributed by atoms with Gasteiger partial charge < -0.3 is 29.3 Å². The van der Waals surface area contributed by atoms with Crippen LogP contribution in [0.3, 0.4) is 0 Å². The van der Waals surface area contributed by atoms with Gasteiger partial charge in [0.1, 0.15) is 0 Å². The molecule has 1 N–H and O–H groups in total. The minimum Gasteiger partial charge on any atom is -0.466 e. The Hall–Kier alpha value is 0.390. The van der Waals surface area contributed by atoms with Crippen molar-refractivity contribution in [2.45, 2.75) is 151 Å². The Morgan fingerprint density at radius 3 is 1.21 bits per heavy atom. The molecule has 0 heterocycles. The van der Waals surface area contributed by atoms with Gasteiger partial charge in [0.25, 0.3) is 0 Å². The van der Waals surface area contributed by atoms with Crippen LogP contribution in [0.25, 0.3) is 0 Å². The molecular formula is C46H91N3O6S6. The maximum Gasteiger partial charge on any atom is 0.306 e. The van der Waals surface area contributed by atoms with Crippen LogP contribution in [0.15, 0.2) is 0 Å². The van der Waals surface area contributed by atoms with E-state index in [1.165, 1.54) is 38.5 Å². The fourth-order valence-corrected chi connectivity index (χ4v) is 12.0. The Balaban J connectivity index is 4.22. The minimum absolute atomic E-state index is 0.0655. The molecule has 0 atom stereocenters. The van der Waals surface area contributed by atoms with Crippen LogP contribution >= 0.6 is 64.8 Å². The maximum atomic E-state index is 12.1. The molecule has 0 aromatic rings. The highest BCUT2D eigenvalue weighted by Gasteiger charge is 2.10. The molecule has 362 valence electrons. The van der Waals surface area contributed by atoms with Gasteiger partial charge in [0.2, 0.25) is 0 Å².